The lowest BCUT2D eigenvalue weighted by Crippen LogP contribution is -2.32. The van der Waals surface area contributed by atoms with Crippen molar-refractivity contribution >= 4 is 39.4 Å². The number of pyridine rings is 1. The number of nitrogen functional groups attached to an aromatic ring is 1. The summed E-state index contributed by atoms with van der Waals surface area (Å²) in [7, 11) is 0. The summed E-state index contributed by atoms with van der Waals surface area (Å²) in [5.74, 6) is 0.606. The third-order valence-electron chi connectivity index (χ3n) is 5.57. The van der Waals surface area contributed by atoms with E-state index in [0.717, 1.165) is 24.1 Å². The van der Waals surface area contributed by atoms with Crippen LogP contribution in [0.2, 0.25) is 0 Å². The smallest absolute Gasteiger partial charge is 0.232 e. The molecule has 3 N–H and O–H groups in total. The zero-order valence-electron chi connectivity index (χ0n) is 14.1. The fourth-order valence-corrected chi connectivity index (χ4v) is 3.90. The lowest BCUT2D eigenvalue weighted by Gasteiger charge is -2.34. The van der Waals surface area contributed by atoms with E-state index in [2.05, 4.69) is 22.1 Å². The summed E-state index contributed by atoms with van der Waals surface area (Å²) >= 11 is 0. The van der Waals surface area contributed by atoms with E-state index in [1.807, 2.05) is 18.2 Å². The molecule has 2 aromatic heterocycles. The number of rotatable bonds is 0. The Morgan fingerprint density at radius 1 is 1.31 bits per heavy atom. The highest BCUT2D eigenvalue weighted by Gasteiger charge is 2.33. The fraction of sp³-hybridized carbons (Fsp3) is 0.263. The van der Waals surface area contributed by atoms with Crippen LogP contribution in [0.1, 0.15) is 36.8 Å². The van der Waals surface area contributed by atoms with E-state index < -0.39 is 0 Å². The molecule has 5 rings (SSSR count). The summed E-state index contributed by atoms with van der Waals surface area (Å²) in [5, 5.41) is 13.6. The van der Waals surface area contributed by atoms with Gasteiger partial charge >= 0.3 is 0 Å². The average Bonchev–Trinajstić information content (AvgIpc) is 2.61. The predicted molar refractivity (Wildman–Crippen MR) is 99.1 cm³/mol. The summed E-state index contributed by atoms with van der Waals surface area (Å²) in [6, 6.07) is 7.24. The van der Waals surface area contributed by atoms with Crippen LogP contribution in [0.15, 0.2) is 43.6 Å². The molecular formula is C19H16N4O3. The number of aromatic nitrogens is 1. The number of hydrogen-bond acceptors (Lipinski definition) is 6. The third kappa shape index (κ3) is 1.94. The Morgan fingerprint density at radius 2 is 2.15 bits per heavy atom. The minimum Gasteiger partial charge on any atom is -0.437 e. The first kappa shape index (κ1) is 15.1. The van der Waals surface area contributed by atoms with E-state index in [0.29, 0.717) is 21.9 Å². The van der Waals surface area contributed by atoms with Crippen molar-refractivity contribution in [1.82, 2.24) is 4.98 Å². The fourth-order valence-electron chi connectivity index (χ4n) is 3.90. The van der Waals surface area contributed by atoms with Gasteiger partial charge in [-0.25, -0.2) is 4.99 Å². The van der Waals surface area contributed by atoms with Gasteiger partial charge in [0.15, 0.2) is 0 Å². The molecule has 1 aliphatic carbocycles. The quantitative estimate of drug-likeness (QED) is 0.368. The molecule has 130 valence electrons. The van der Waals surface area contributed by atoms with Gasteiger partial charge in [-0.3, -0.25) is 4.79 Å². The van der Waals surface area contributed by atoms with Gasteiger partial charge in [-0.15, -0.1) is 0 Å². The minimum atomic E-state index is -0.181. The first-order valence-corrected chi connectivity index (χ1v) is 8.53. The highest BCUT2D eigenvalue weighted by Crippen LogP contribution is 2.38. The molecular weight excluding hydrogens is 332 g/mol. The van der Waals surface area contributed by atoms with Crippen LogP contribution >= 0.6 is 0 Å². The zero-order valence-corrected chi connectivity index (χ0v) is 14.1. The van der Waals surface area contributed by atoms with Gasteiger partial charge in [0, 0.05) is 11.6 Å². The molecule has 1 fully saturated rings. The lowest BCUT2D eigenvalue weighted by molar-refractivity contribution is 0.318. The minimum absolute atomic E-state index is 0.0764. The Bertz CT molecular complexity index is 1210. The highest BCUT2D eigenvalue weighted by atomic mass is 16.4. The molecule has 0 amide bonds. The van der Waals surface area contributed by atoms with Gasteiger partial charge in [0.25, 0.3) is 0 Å². The average molecular weight is 348 g/mol. The Hall–Kier alpha value is -3.22. The van der Waals surface area contributed by atoms with Crippen LogP contribution in [0.3, 0.4) is 0 Å². The van der Waals surface area contributed by atoms with Crippen LogP contribution in [-0.2, 0) is 0 Å². The van der Waals surface area contributed by atoms with Crippen molar-refractivity contribution in [3.8, 4) is 0 Å². The topological polar surface area (TPSA) is 114 Å². The van der Waals surface area contributed by atoms with Crippen molar-refractivity contribution in [1.29, 1.82) is 0 Å². The van der Waals surface area contributed by atoms with Gasteiger partial charge < -0.3 is 15.4 Å². The Kier molecular flexibility index (Phi) is 2.98. The molecule has 7 nitrogen and oxygen atoms in total. The number of fused-ring (bicyclic) bond motifs is 3. The van der Waals surface area contributed by atoms with E-state index in [9.17, 15) is 10.0 Å². The molecule has 4 bridgehead atoms. The second-order valence-electron chi connectivity index (χ2n) is 6.92. The number of nitrogens with zero attached hydrogens (tertiary/aromatic N) is 3. The maximum Gasteiger partial charge on any atom is 0.232 e. The van der Waals surface area contributed by atoms with Crippen molar-refractivity contribution in [2.75, 3.05) is 5.73 Å². The van der Waals surface area contributed by atoms with Gasteiger partial charge in [-0.1, -0.05) is 18.1 Å². The number of amidine groups is 1. The summed E-state index contributed by atoms with van der Waals surface area (Å²) < 4.78 is 5.80. The molecule has 0 saturated heterocycles. The first-order chi connectivity index (χ1) is 12.6. The van der Waals surface area contributed by atoms with Crippen molar-refractivity contribution in [2.24, 2.45) is 16.1 Å². The van der Waals surface area contributed by atoms with E-state index in [1.165, 1.54) is 0 Å². The molecule has 1 saturated carbocycles. The van der Waals surface area contributed by atoms with Crippen molar-refractivity contribution in [2.45, 2.75) is 25.7 Å². The normalized spacial score (nSPS) is 23.3. The third-order valence-corrected chi connectivity index (χ3v) is 5.57. The first-order valence-electron chi connectivity index (χ1n) is 8.53. The number of anilines is 1. The monoisotopic (exact) mass is 348 g/mol. The van der Waals surface area contributed by atoms with Crippen molar-refractivity contribution in [3.05, 3.63) is 45.6 Å². The molecule has 3 aromatic rings. The molecule has 26 heavy (non-hydrogen) atoms. The summed E-state index contributed by atoms with van der Waals surface area (Å²) in [5.41, 5.74) is 8.86. The lowest BCUT2D eigenvalue weighted by atomic mass is 9.72. The molecule has 3 heterocycles. The van der Waals surface area contributed by atoms with Gasteiger partial charge in [-0.05, 0) is 42.5 Å². The van der Waals surface area contributed by atoms with Crippen LogP contribution in [0.4, 0.5) is 5.82 Å². The molecule has 7 heteroatoms. The summed E-state index contributed by atoms with van der Waals surface area (Å²) in [4.78, 5) is 21.8. The van der Waals surface area contributed by atoms with Gasteiger partial charge in [0.05, 0.1) is 16.3 Å². The van der Waals surface area contributed by atoms with Crippen LogP contribution in [0.5, 0.6) is 0 Å². The largest absolute Gasteiger partial charge is 0.437 e. The Morgan fingerprint density at radius 3 is 2.88 bits per heavy atom. The van der Waals surface area contributed by atoms with Crippen LogP contribution < -0.4 is 11.2 Å². The molecule has 1 aliphatic heterocycles. The molecule has 2 atom stereocenters. The summed E-state index contributed by atoms with van der Waals surface area (Å²) in [6.07, 6.45) is 1.84. The number of hydrogen-bond donors (Lipinski definition) is 2. The summed E-state index contributed by atoms with van der Waals surface area (Å²) in [6.45, 7) is 2.12. The van der Waals surface area contributed by atoms with Crippen LogP contribution in [0.25, 0.3) is 22.1 Å². The van der Waals surface area contributed by atoms with Gasteiger partial charge in [0.1, 0.15) is 11.4 Å². The standard InChI is InChI=1S/C19H16N4O3/c1-8-9-2-5-15-11(6-9)16(24)12-7-13(17(20)22-19(12)26-15)18(23-25)21-14-4-3-10(8)14/h2,5-8,10,25H,3-4H2,1H3,(H2,20,22)/b21-14?,23-18-. The molecule has 0 radical (unpaired) electrons. The van der Waals surface area contributed by atoms with Crippen molar-refractivity contribution < 1.29 is 9.62 Å². The van der Waals surface area contributed by atoms with Gasteiger partial charge in [-0.2, -0.15) is 4.98 Å². The van der Waals surface area contributed by atoms with E-state index in [4.69, 9.17) is 10.2 Å². The molecule has 2 aliphatic rings. The molecule has 1 aromatic carbocycles. The SMILES string of the molecule is CC1c2ccc3oc4nc(N)c(cc4c(=O)c3c2)/C(=N/O)N=C2CCC21. The second kappa shape index (κ2) is 5.14. The zero-order chi connectivity index (χ0) is 18.0. The molecule has 2 unspecified atom stereocenters. The highest BCUT2D eigenvalue weighted by molar-refractivity contribution is 6.12. The second-order valence-corrected chi connectivity index (χ2v) is 6.92. The predicted octanol–water partition coefficient (Wildman–Crippen LogP) is 3.03. The Balaban J connectivity index is 1.96. The van der Waals surface area contributed by atoms with Crippen LogP contribution in [-0.4, -0.2) is 21.7 Å². The van der Waals surface area contributed by atoms with Gasteiger partial charge in [0.2, 0.25) is 17.0 Å². The number of benzene rings is 1. The number of oxime groups is 1. The van der Waals surface area contributed by atoms with E-state index in [-0.39, 0.29) is 34.6 Å². The Labute approximate surface area is 147 Å². The maximum absolute atomic E-state index is 13.0. The van der Waals surface area contributed by atoms with Crippen molar-refractivity contribution in [3.63, 3.8) is 0 Å². The van der Waals surface area contributed by atoms with E-state index in [1.54, 1.807) is 6.07 Å². The number of aliphatic imine (C=N–C) groups is 1. The van der Waals surface area contributed by atoms with Crippen LogP contribution in [0, 0.1) is 5.92 Å². The van der Waals surface area contributed by atoms with E-state index >= 15 is 0 Å². The maximum atomic E-state index is 13.0. The molecule has 0 spiro atoms. The number of nitrogens with two attached hydrogens (primary N) is 1.